The van der Waals surface area contributed by atoms with Crippen LogP contribution in [0.5, 0.6) is 0 Å². The van der Waals surface area contributed by atoms with Gasteiger partial charge in [-0.2, -0.15) is 0 Å². The van der Waals surface area contributed by atoms with Crippen molar-refractivity contribution in [2.75, 3.05) is 5.75 Å². The smallest absolute Gasteiger partial charge is 0.129 e. The Morgan fingerprint density at radius 2 is 2.07 bits per heavy atom. The maximum absolute atomic E-state index is 10.7. The first-order chi connectivity index (χ1) is 7.20. The second kappa shape index (κ2) is 7.07. The summed E-state index contributed by atoms with van der Waals surface area (Å²) in [4.78, 5) is 12.0. The minimum atomic E-state index is 0.292. The van der Waals surface area contributed by atoms with Gasteiger partial charge in [0.05, 0.1) is 0 Å². The minimum Gasteiger partial charge on any atom is -0.300 e. The Morgan fingerprint density at radius 3 is 2.73 bits per heavy atom. The first-order valence-electron chi connectivity index (χ1n) is 5.07. The molecule has 0 unspecified atom stereocenters. The highest BCUT2D eigenvalue weighted by Gasteiger charge is 1.99. The molecule has 0 radical (unpaired) electrons. The third-order valence-electron chi connectivity index (χ3n) is 2.02. The van der Waals surface area contributed by atoms with Gasteiger partial charge in [0.1, 0.15) is 5.78 Å². The molecule has 0 aliphatic carbocycles. The van der Waals surface area contributed by atoms with Crippen molar-refractivity contribution in [2.24, 2.45) is 0 Å². The highest BCUT2D eigenvalue weighted by Crippen LogP contribution is 2.27. The van der Waals surface area contributed by atoms with Gasteiger partial charge in [0.2, 0.25) is 0 Å². The quantitative estimate of drug-likeness (QED) is 0.573. The van der Waals surface area contributed by atoms with Gasteiger partial charge in [-0.05, 0) is 53.6 Å². The Kier molecular flexibility index (Phi) is 6.03. The van der Waals surface area contributed by atoms with Crippen LogP contribution in [0.3, 0.4) is 0 Å². The first kappa shape index (κ1) is 12.8. The van der Waals surface area contributed by atoms with E-state index in [1.54, 1.807) is 6.92 Å². The highest BCUT2D eigenvalue weighted by molar-refractivity contribution is 9.10. The lowest BCUT2D eigenvalue weighted by Gasteiger charge is -2.03. The monoisotopic (exact) mass is 286 g/mol. The van der Waals surface area contributed by atoms with Crippen LogP contribution in [0.1, 0.15) is 26.2 Å². The SMILES string of the molecule is CC(=O)CCCCSc1ccccc1Br. The van der Waals surface area contributed by atoms with Crippen molar-refractivity contribution in [1.82, 2.24) is 0 Å². The zero-order valence-corrected chi connectivity index (χ0v) is 11.2. The molecular formula is C12H15BrOS. The lowest BCUT2D eigenvalue weighted by atomic mass is 10.2. The summed E-state index contributed by atoms with van der Waals surface area (Å²) < 4.78 is 1.15. The molecule has 0 spiro atoms. The average molecular weight is 287 g/mol. The molecular weight excluding hydrogens is 272 g/mol. The maximum Gasteiger partial charge on any atom is 0.129 e. The predicted octanol–water partition coefficient (Wildman–Crippen LogP) is 4.30. The van der Waals surface area contributed by atoms with Crippen LogP contribution in [0, 0.1) is 0 Å². The summed E-state index contributed by atoms with van der Waals surface area (Å²) in [6.07, 6.45) is 2.83. The van der Waals surface area contributed by atoms with Crippen molar-refractivity contribution >= 4 is 33.5 Å². The number of hydrogen-bond acceptors (Lipinski definition) is 2. The van der Waals surface area contributed by atoms with Crippen molar-refractivity contribution in [3.8, 4) is 0 Å². The summed E-state index contributed by atoms with van der Waals surface area (Å²) >= 11 is 5.35. The van der Waals surface area contributed by atoms with Crippen molar-refractivity contribution in [2.45, 2.75) is 31.1 Å². The van der Waals surface area contributed by atoms with E-state index in [4.69, 9.17) is 0 Å². The van der Waals surface area contributed by atoms with E-state index in [9.17, 15) is 4.79 Å². The number of rotatable bonds is 6. The molecule has 0 aliphatic heterocycles. The third kappa shape index (κ3) is 5.38. The van der Waals surface area contributed by atoms with E-state index in [1.807, 2.05) is 23.9 Å². The van der Waals surface area contributed by atoms with Crippen LogP contribution < -0.4 is 0 Å². The van der Waals surface area contributed by atoms with Gasteiger partial charge < -0.3 is 4.79 Å². The van der Waals surface area contributed by atoms with Crippen molar-refractivity contribution < 1.29 is 4.79 Å². The van der Waals surface area contributed by atoms with Crippen LogP contribution in [-0.4, -0.2) is 11.5 Å². The number of carbonyl (C=O) groups excluding carboxylic acids is 1. The van der Waals surface area contributed by atoms with E-state index < -0.39 is 0 Å². The van der Waals surface area contributed by atoms with Crippen LogP contribution in [0.4, 0.5) is 0 Å². The molecule has 1 aromatic carbocycles. The van der Waals surface area contributed by atoms with E-state index in [-0.39, 0.29) is 0 Å². The number of ketones is 1. The topological polar surface area (TPSA) is 17.1 Å². The van der Waals surface area contributed by atoms with Gasteiger partial charge in [0, 0.05) is 15.8 Å². The fourth-order valence-electron chi connectivity index (χ4n) is 1.22. The summed E-state index contributed by atoms with van der Waals surface area (Å²) in [5.74, 6) is 1.37. The normalized spacial score (nSPS) is 10.3. The molecule has 1 rings (SSSR count). The van der Waals surface area contributed by atoms with E-state index in [1.165, 1.54) is 4.90 Å². The van der Waals surface area contributed by atoms with E-state index in [0.717, 1.165) is 29.5 Å². The average Bonchev–Trinajstić information content (AvgIpc) is 2.20. The Labute approximate surface area is 104 Å². The summed E-state index contributed by atoms with van der Waals surface area (Å²) in [5.41, 5.74) is 0. The lowest BCUT2D eigenvalue weighted by molar-refractivity contribution is -0.117. The van der Waals surface area contributed by atoms with Crippen molar-refractivity contribution in [1.29, 1.82) is 0 Å². The van der Waals surface area contributed by atoms with Crippen LogP contribution in [0.25, 0.3) is 0 Å². The van der Waals surface area contributed by atoms with E-state index >= 15 is 0 Å². The zero-order chi connectivity index (χ0) is 11.1. The Hall–Kier alpha value is -0.280. The standard InChI is InChI=1S/C12H15BrOS/c1-10(14)6-4-5-9-15-12-8-3-2-7-11(12)13/h2-3,7-8H,4-6,9H2,1H3. The van der Waals surface area contributed by atoms with Crippen LogP contribution in [-0.2, 0) is 4.79 Å². The largest absolute Gasteiger partial charge is 0.300 e. The Morgan fingerprint density at radius 1 is 1.33 bits per heavy atom. The molecule has 0 atom stereocenters. The summed E-state index contributed by atoms with van der Waals surface area (Å²) in [7, 11) is 0. The molecule has 0 saturated carbocycles. The summed E-state index contributed by atoms with van der Waals surface area (Å²) in [6, 6.07) is 8.23. The molecule has 15 heavy (non-hydrogen) atoms. The third-order valence-corrected chi connectivity index (χ3v) is 4.13. The fraction of sp³-hybridized carbons (Fsp3) is 0.417. The molecule has 3 heteroatoms. The second-order valence-electron chi connectivity index (χ2n) is 3.44. The van der Waals surface area contributed by atoms with Gasteiger partial charge >= 0.3 is 0 Å². The lowest BCUT2D eigenvalue weighted by Crippen LogP contribution is -1.90. The van der Waals surface area contributed by atoms with Gasteiger partial charge in [-0.1, -0.05) is 12.1 Å². The van der Waals surface area contributed by atoms with E-state index in [2.05, 4.69) is 28.1 Å². The number of carbonyl (C=O) groups is 1. The molecule has 1 aromatic rings. The number of Topliss-reactive ketones (excluding diaryl/α,β-unsaturated/α-hetero) is 1. The minimum absolute atomic E-state index is 0.292. The Balaban J connectivity index is 2.21. The van der Waals surface area contributed by atoms with Crippen LogP contribution >= 0.6 is 27.7 Å². The van der Waals surface area contributed by atoms with Gasteiger partial charge in [0.25, 0.3) is 0 Å². The van der Waals surface area contributed by atoms with Gasteiger partial charge in [-0.15, -0.1) is 11.8 Å². The van der Waals surface area contributed by atoms with Gasteiger partial charge in [-0.3, -0.25) is 0 Å². The summed E-state index contributed by atoms with van der Waals surface area (Å²) in [6.45, 7) is 1.65. The maximum atomic E-state index is 10.7. The molecule has 82 valence electrons. The molecule has 0 heterocycles. The fourth-order valence-corrected chi connectivity index (χ4v) is 2.80. The van der Waals surface area contributed by atoms with Gasteiger partial charge in [-0.25, -0.2) is 0 Å². The number of thioether (sulfide) groups is 1. The summed E-state index contributed by atoms with van der Waals surface area (Å²) in [5, 5.41) is 0. The molecule has 0 aliphatic rings. The molecule has 0 N–H and O–H groups in total. The molecule has 1 nitrogen and oxygen atoms in total. The van der Waals surface area contributed by atoms with Crippen molar-refractivity contribution in [3.05, 3.63) is 28.7 Å². The Bertz CT molecular complexity index is 325. The number of unbranched alkanes of at least 4 members (excludes halogenated alkanes) is 1. The predicted molar refractivity (Wildman–Crippen MR) is 69.4 cm³/mol. The van der Waals surface area contributed by atoms with Crippen LogP contribution in [0.2, 0.25) is 0 Å². The van der Waals surface area contributed by atoms with Crippen LogP contribution in [0.15, 0.2) is 33.6 Å². The molecule has 0 bridgehead atoms. The number of hydrogen-bond donors (Lipinski definition) is 0. The molecule has 0 saturated heterocycles. The van der Waals surface area contributed by atoms with Crippen molar-refractivity contribution in [3.63, 3.8) is 0 Å². The molecule has 0 fully saturated rings. The second-order valence-corrected chi connectivity index (χ2v) is 5.43. The first-order valence-corrected chi connectivity index (χ1v) is 6.85. The van der Waals surface area contributed by atoms with Gasteiger partial charge in [0.15, 0.2) is 0 Å². The molecule has 0 aromatic heterocycles. The zero-order valence-electron chi connectivity index (χ0n) is 8.83. The number of halogens is 1. The van der Waals surface area contributed by atoms with E-state index in [0.29, 0.717) is 5.78 Å². The highest BCUT2D eigenvalue weighted by atomic mass is 79.9. The molecule has 0 amide bonds. The number of benzene rings is 1.